The third-order valence-corrected chi connectivity index (χ3v) is 4.82. The molecule has 1 aliphatic rings. The molecule has 0 saturated carbocycles. The summed E-state index contributed by atoms with van der Waals surface area (Å²) in [6.45, 7) is 4.31. The molecule has 0 aliphatic carbocycles. The number of hydrogen-bond acceptors (Lipinski definition) is 0. The minimum absolute atomic E-state index is 0.593. The van der Waals surface area contributed by atoms with Gasteiger partial charge in [-0.2, -0.15) is 4.57 Å². The zero-order valence-electron chi connectivity index (χ0n) is 13.5. The van der Waals surface area contributed by atoms with Crippen LogP contribution in [0, 0.1) is 12.8 Å². The molecule has 0 spiro atoms. The normalized spacial score (nSPS) is 16.3. The summed E-state index contributed by atoms with van der Waals surface area (Å²) in [7, 11) is 0. The summed E-state index contributed by atoms with van der Waals surface area (Å²) in [5, 5.41) is 0. The molecule has 0 fully saturated rings. The van der Waals surface area contributed by atoms with Gasteiger partial charge in [0.25, 0.3) is 0 Å². The molecule has 0 amide bonds. The molecule has 2 aromatic heterocycles. The van der Waals surface area contributed by atoms with E-state index in [-0.39, 0.29) is 0 Å². The number of rotatable bonds is 2. The maximum absolute atomic E-state index is 2.41. The highest BCUT2D eigenvalue weighted by atomic mass is 15.0. The molecular formula is C21H22N2+2. The lowest BCUT2D eigenvalue weighted by molar-refractivity contribution is -0.735. The monoisotopic (exact) mass is 302 g/mol. The van der Waals surface area contributed by atoms with Crippen molar-refractivity contribution in [3.8, 4) is 11.3 Å². The van der Waals surface area contributed by atoms with Crippen molar-refractivity contribution in [1.82, 2.24) is 0 Å². The van der Waals surface area contributed by atoms with Crippen LogP contribution in [-0.4, -0.2) is 0 Å². The van der Waals surface area contributed by atoms with Gasteiger partial charge in [0.1, 0.15) is 0 Å². The van der Waals surface area contributed by atoms with Crippen LogP contribution in [0.1, 0.15) is 11.3 Å². The average Bonchev–Trinajstić information content (AvgIpc) is 2.73. The van der Waals surface area contributed by atoms with Crippen molar-refractivity contribution in [2.24, 2.45) is 5.92 Å². The van der Waals surface area contributed by atoms with E-state index in [1.807, 2.05) is 0 Å². The van der Waals surface area contributed by atoms with Crippen LogP contribution < -0.4 is 9.13 Å². The summed E-state index contributed by atoms with van der Waals surface area (Å²) in [5.74, 6) is 0.593. The van der Waals surface area contributed by atoms with Crippen LogP contribution in [0.4, 0.5) is 0 Å². The first kappa shape index (κ1) is 14.1. The van der Waals surface area contributed by atoms with Crippen LogP contribution in [0.5, 0.6) is 0 Å². The maximum atomic E-state index is 2.41. The number of pyridine rings is 2. The van der Waals surface area contributed by atoms with E-state index in [1.54, 1.807) is 0 Å². The van der Waals surface area contributed by atoms with Crippen LogP contribution in [0.3, 0.4) is 0 Å². The fourth-order valence-corrected chi connectivity index (χ4v) is 3.65. The zero-order chi connectivity index (χ0) is 15.6. The van der Waals surface area contributed by atoms with Gasteiger partial charge in [-0.25, -0.2) is 4.57 Å². The SMILES string of the molecule is Cc1cccc[n+]1CC1Cc2ccccc2-c2cccc[n+]2C1. The standard InChI is InChI=1S/C21H22N2/c1-17-8-4-6-12-22(17)15-18-14-19-9-2-3-10-20(19)21-11-5-7-13-23(21)16-18/h2-13,18H,14-16H2,1H3/q+2. The minimum atomic E-state index is 0.593. The predicted octanol–water partition coefficient (Wildman–Crippen LogP) is 3.11. The molecule has 1 aliphatic heterocycles. The van der Waals surface area contributed by atoms with Gasteiger partial charge >= 0.3 is 0 Å². The van der Waals surface area contributed by atoms with Gasteiger partial charge in [0.15, 0.2) is 31.2 Å². The number of fused-ring (bicyclic) bond motifs is 3. The van der Waals surface area contributed by atoms with E-state index in [1.165, 1.54) is 22.5 Å². The van der Waals surface area contributed by atoms with Gasteiger partial charge in [0.05, 0.1) is 5.92 Å². The Morgan fingerprint density at radius 2 is 1.70 bits per heavy atom. The lowest BCUT2D eigenvalue weighted by Gasteiger charge is -2.10. The van der Waals surface area contributed by atoms with Gasteiger partial charge in [-0.15, -0.1) is 0 Å². The van der Waals surface area contributed by atoms with Crippen LogP contribution in [0.15, 0.2) is 73.1 Å². The van der Waals surface area contributed by atoms with Crippen molar-refractivity contribution < 1.29 is 9.13 Å². The van der Waals surface area contributed by atoms with E-state index in [0.717, 1.165) is 19.5 Å². The first-order valence-electron chi connectivity index (χ1n) is 8.33. The molecule has 3 aromatic rings. The molecule has 114 valence electrons. The Morgan fingerprint density at radius 3 is 2.61 bits per heavy atom. The molecule has 0 N–H and O–H groups in total. The largest absolute Gasteiger partial charge is 0.212 e. The van der Waals surface area contributed by atoms with Gasteiger partial charge in [-0.3, -0.25) is 0 Å². The Balaban J connectivity index is 1.74. The summed E-state index contributed by atoms with van der Waals surface area (Å²) >= 11 is 0. The molecule has 23 heavy (non-hydrogen) atoms. The molecule has 0 bridgehead atoms. The topological polar surface area (TPSA) is 7.76 Å². The van der Waals surface area contributed by atoms with Crippen molar-refractivity contribution in [2.75, 3.05) is 0 Å². The fraction of sp³-hybridized carbons (Fsp3) is 0.238. The number of aryl methyl sites for hydroxylation is 1. The summed E-state index contributed by atoms with van der Waals surface area (Å²) in [5.41, 5.74) is 5.50. The lowest BCUT2D eigenvalue weighted by atomic mass is 9.96. The third kappa shape index (κ3) is 2.77. The summed E-state index contributed by atoms with van der Waals surface area (Å²) < 4.78 is 4.79. The molecule has 3 heterocycles. The molecule has 1 atom stereocenters. The van der Waals surface area contributed by atoms with E-state index in [4.69, 9.17) is 0 Å². The minimum Gasteiger partial charge on any atom is -0.202 e. The smallest absolute Gasteiger partial charge is 0.202 e. The Hall–Kier alpha value is -2.48. The van der Waals surface area contributed by atoms with Crippen molar-refractivity contribution in [3.63, 3.8) is 0 Å². The van der Waals surface area contributed by atoms with Crippen molar-refractivity contribution in [1.29, 1.82) is 0 Å². The Bertz CT molecular complexity index is 791. The zero-order valence-corrected chi connectivity index (χ0v) is 13.5. The van der Waals surface area contributed by atoms with E-state index in [0.29, 0.717) is 5.92 Å². The number of benzene rings is 1. The molecular weight excluding hydrogens is 280 g/mol. The number of nitrogens with zero attached hydrogens (tertiary/aromatic N) is 2. The van der Waals surface area contributed by atoms with E-state index in [9.17, 15) is 0 Å². The van der Waals surface area contributed by atoms with E-state index in [2.05, 4.69) is 89.1 Å². The summed E-state index contributed by atoms with van der Waals surface area (Å²) in [4.78, 5) is 0. The molecule has 0 radical (unpaired) electrons. The maximum Gasteiger partial charge on any atom is 0.212 e. The molecule has 2 nitrogen and oxygen atoms in total. The van der Waals surface area contributed by atoms with Crippen molar-refractivity contribution in [2.45, 2.75) is 26.4 Å². The number of aromatic nitrogens is 2. The molecule has 2 heteroatoms. The van der Waals surface area contributed by atoms with E-state index >= 15 is 0 Å². The Morgan fingerprint density at radius 1 is 0.913 bits per heavy atom. The first-order chi connectivity index (χ1) is 11.3. The van der Waals surface area contributed by atoms with Gasteiger partial charge < -0.3 is 0 Å². The average molecular weight is 302 g/mol. The van der Waals surface area contributed by atoms with Crippen molar-refractivity contribution >= 4 is 0 Å². The first-order valence-corrected chi connectivity index (χ1v) is 8.33. The van der Waals surface area contributed by atoms with E-state index < -0.39 is 0 Å². The van der Waals surface area contributed by atoms with Crippen LogP contribution in [-0.2, 0) is 19.5 Å². The molecule has 0 saturated heterocycles. The van der Waals surface area contributed by atoms with Crippen LogP contribution in [0.25, 0.3) is 11.3 Å². The van der Waals surface area contributed by atoms with Crippen LogP contribution >= 0.6 is 0 Å². The summed E-state index contributed by atoms with van der Waals surface area (Å²) in [6, 6.07) is 21.8. The molecule has 4 rings (SSSR count). The fourth-order valence-electron chi connectivity index (χ4n) is 3.65. The highest BCUT2D eigenvalue weighted by Crippen LogP contribution is 2.26. The molecule has 1 unspecified atom stereocenters. The van der Waals surface area contributed by atoms with Crippen LogP contribution in [0.2, 0.25) is 0 Å². The second-order valence-electron chi connectivity index (χ2n) is 6.46. The quantitative estimate of drug-likeness (QED) is 0.643. The summed E-state index contributed by atoms with van der Waals surface area (Å²) in [6.07, 6.45) is 5.54. The van der Waals surface area contributed by atoms with Gasteiger partial charge in [0, 0.05) is 36.8 Å². The third-order valence-electron chi connectivity index (χ3n) is 4.82. The van der Waals surface area contributed by atoms with Gasteiger partial charge in [-0.05, 0) is 24.1 Å². The van der Waals surface area contributed by atoms with Gasteiger partial charge in [-0.1, -0.05) is 24.3 Å². The highest BCUT2D eigenvalue weighted by Gasteiger charge is 2.28. The Labute approximate surface area is 137 Å². The second-order valence-corrected chi connectivity index (χ2v) is 6.46. The second kappa shape index (κ2) is 5.96. The number of hydrogen-bond donors (Lipinski definition) is 0. The Kier molecular flexibility index (Phi) is 3.66. The predicted molar refractivity (Wildman–Crippen MR) is 90.6 cm³/mol. The molecule has 1 aromatic carbocycles. The highest BCUT2D eigenvalue weighted by molar-refractivity contribution is 5.61. The van der Waals surface area contributed by atoms with Crippen molar-refractivity contribution in [3.05, 3.63) is 84.3 Å². The van der Waals surface area contributed by atoms with Gasteiger partial charge in [0.2, 0.25) is 5.69 Å². The lowest BCUT2D eigenvalue weighted by Crippen LogP contribution is -2.46.